The Morgan fingerprint density at radius 3 is 2.58 bits per heavy atom. The second-order valence-electron chi connectivity index (χ2n) is 6.03. The minimum Gasteiger partial charge on any atom is -0.497 e. The molecule has 1 aromatic heterocycles. The smallest absolute Gasteiger partial charge is 0.246 e. The van der Waals surface area contributed by atoms with E-state index >= 15 is 0 Å². The third-order valence-electron chi connectivity index (χ3n) is 4.11. The van der Waals surface area contributed by atoms with E-state index in [1.807, 2.05) is 61.5 Å². The van der Waals surface area contributed by atoms with Gasteiger partial charge in [0.05, 0.1) is 13.7 Å². The van der Waals surface area contributed by atoms with Crippen molar-refractivity contribution in [2.45, 2.75) is 25.8 Å². The molecule has 0 saturated carbocycles. The average molecular weight is 351 g/mol. The average Bonchev–Trinajstić information content (AvgIpc) is 3.16. The second-order valence-corrected chi connectivity index (χ2v) is 6.03. The van der Waals surface area contributed by atoms with Crippen molar-refractivity contribution in [3.05, 3.63) is 66.1 Å². The van der Waals surface area contributed by atoms with E-state index in [0.717, 1.165) is 16.9 Å². The van der Waals surface area contributed by atoms with Crippen LogP contribution >= 0.6 is 0 Å². The largest absolute Gasteiger partial charge is 0.497 e. The van der Waals surface area contributed by atoms with E-state index in [1.165, 1.54) is 0 Å². The molecule has 0 aliphatic rings. The number of nitrogens with zero attached hydrogens (tertiary/aromatic N) is 2. The Kier molecular flexibility index (Phi) is 5.63. The first-order valence-electron chi connectivity index (χ1n) is 8.44. The maximum atomic E-state index is 12.1. The topological polar surface area (TPSA) is 77.3 Å². The lowest BCUT2D eigenvalue weighted by atomic mass is 9.98. The Morgan fingerprint density at radius 2 is 1.88 bits per heavy atom. The minimum absolute atomic E-state index is 0.0504. The molecule has 134 valence electrons. The van der Waals surface area contributed by atoms with E-state index in [-0.39, 0.29) is 18.4 Å². The molecular weight excluding hydrogens is 330 g/mol. The molecule has 3 aromatic rings. The van der Waals surface area contributed by atoms with E-state index in [1.54, 1.807) is 7.11 Å². The Morgan fingerprint density at radius 1 is 1.15 bits per heavy atom. The molecule has 1 unspecified atom stereocenters. The number of methoxy groups -OCH3 is 1. The first kappa shape index (κ1) is 17.7. The number of benzene rings is 2. The molecule has 6 nitrogen and oxygen atoms in total. The van der Waals surface area contributed by atoms with Crippen molar-refractivity contribution >= 4 is 5.91 Å². The van der Waals surface area contributed by atoms with Crippen molar-refractivity contribution in [3.8, 4) is 17.1 Å². The molecule has 0 saturated heterocycles. The van der Waals surface area contributed by atoms with Gasteiger partial charge < -0.3 is 14.6 Å². The Bertz CT molecular complexity index is 844. The van der Waals surface area contributed by atoms with Gasteiger partial charge in [-0.05, 0) is 35.7 Å². The number of aromatic nitrogens is 2. The molecule has 0 bridgehead atoms. The van der Waals surface area contributed by atoms with Crippen LogP contribution in [0.1, 0.15) is 30.7 Å². The summed E-state index contributed by atoms with van der Waals surface area (Å²) in [6.07, 6.45) is 0.406. The zero-order chi connectivity index (χ0) is 18.4. The molecule has 1 atom stereocenters. The number of nitrogens with one attached hydrogen (secondary N) is 1. The third-order valence-corrected chi connectivity index (χ3v) is 4.11. The third kappa shape index (κ3) is 4.47. The lowest BCUT2D eigenvalue weighted by Crippen LogP contribution is -2.24. The first-order chi connectivity index (χ1) is 12.7. The molecule has 0 aliphatic heterocycles. The molecule has 0 radical (unpaired) electrons. The highest BCUT2D eigenvalue weighted by Crippen LogP contribution is 2.20. The van der Waals surface area contributed by atoms with Gasteiger partial charge in [-0.15, -0.1) is 0 Å². The van der Waals surface area contributed by atoms with Gasteiger partial charge in [0.2, 0.25) is 17.6 Å². The molecule has 0 aliphatic carbocycles. The summed E-state index contributed by atoms with van der Waals surface area (Å²) in [4.78, 5) is 16.4. The Balaban J connectivity index is 1.53. The van der Waals surface area contributed by atoms with Crippen LogP contribution in [-0.4, -0.2) is 23.2 Å². The number of rotatable bonds is 7. The zero-order valence-electron chi connectivity index (χ0n) is 14.8. The Labute approximate surface area is 152 Å². The van der Waals surface area contributed by atoms with E-state index in [0.29, 0.717) is 18.1 Å². The van der Waals surface area contributed by atoms with Crippen molar-refractivity contribution in [1.29, 1.82) is 0 Å². The van der Waals surface area contributed by atoms with Gasteiger partial charge in [-0.3, -0.25) is 4.79 Å². The molecule has 3 rings (SSSR count). The normalized spacial score (nSPS) is 11.8. The van der Waals surface area contributed by atoms with Gasteiger partial charge in [-0.2, -0.15) is 4.98 Å². The number of hydrogen-bond acceptors (Lipinski definition) is 5. The highest BCUT2D eigenvalue weighted by atomic mass is 16.5. The molecule has 0 spiro atoms. The highest BCUT2D eigenvalue weighted by Gasteiger charge is 2.13. The van der Waals surface area contributed by atoms with Crippen LogP contribution in [0.2, 0.25) is 0 Å². The number of ether oxygens (including phenoxy) is 1. The summed E-state index contributed by atoms with van der Waals surface area (Å²) in [5.74, 6) is 1.71. The second kappa shape index (κ2) is 8.29. The summed E-state index contributed by atoms with van der Waals surface area (Å²) < 4.78 is 10.3. The van der Waals surface area contributed by atoms with Crippen LogP contribution < -0.4 is 10.1 Å². The van der Waals surface area contributed by atoms with Gasteiger partial charge in [0.15, 0.2) is 0 Å². The van der Waals surface area contributed by atoms with Crippen molar-refractivity contribution in [1.82, 2.24) is 15.5 Å². The zero-order valence-corrected chi connectivity index (χ0v) is 14.8. The number of carbonyl (C=O) groups excluding carboxylic acids is 1. The van der Waals surface area contributed by atoms with E-state index in [2.05, 4.69) is 15.5 Å². The minimum atomic E-state index is -0.0504. The van der Waals surface area contributed by atoms with Crippen LogP contribution in [0.5, 0.6) is 5.75 Å². The standard InChI is InChI=1S/C20H21N3O3/c1-14(15-6-4-3-5-7-15)12-18(24)21-13-19-22-20(23-26-19)16-8-10-17(25-2)11-9-16/h3-11,14H,12-13H2,1-2H3,(H,21,24). The first-order valence-corrected chi connectivity index (χ1v) is 8.44. The van der Waals surface area contributed by atoms with Gasteiger partial charge in [0, 0.05) is 12.0 Å². The fourth-order valence-electron chi connectivity index (χ4n) is 2.61. The molecule has 0 fully saturated rings. The lowest BCUT2D eigenvalue weighted by Gasteiger charge is -2.11. The van der Waals surface area contributed by atoms with Gasteiger partial charge in [-0.25, -0.2) is 0 Å². The highest BCUT2D eigenvalue weighted by molar-refractivity contribution is 5.76. The van der Waals surface area contributed by atoms with E-state index in [4.69, 9.17) is 9.26 Å². The summed E-state index contributed by atoms with van der Waals surface area (Å²) in [5, 5.41) is 6.78. The molecule has 2 aromatic carbocycles. The maximum Gasteiger partial charge on any atom is 0.246 e. The van der Waals surface area contributed by atoms with Gasteiger partial charge in [-0.1, -0.05) is 42.4 Å². The van der Waals surface area contributed by atoms with E-state index in [9.17, 15) is 4.79 Å². The predicted molar refractivity (Wildman–Crippen MR) is 97.6 cm³/mol. The fourth-order valence-corrected chi connectivity index (χ4v) is 2.61. The number of amides is 1. The van der Waals surface area contributed by atoms with Crippen molar-refractivity contribution in [2.24, 2.45) is 0 Å². The molecule has 26 heavy (non-hydrogen) atoms. The van der Waals surface area contributed by atoms with Crippen LogP contribution in [0.3, 0.4) is 0 Å². The summed E-state index contributed by atoms with van der Waals surface area (Å²) in [6, 6.07) is 17.3. The predicted octanol–water partition coefficient (Wildman–Crippen LogP) is 3.56. The van der Waals surface area contributed by atoms with Crippen LogP contribution in [0, 0.1) is 0 Å². The van der Waals surface area contributed by atoms with Crippen molar-refractivity contribution in [3.63, 3.8) is 0 Å². The van der Waals surface area contributed by atoms with Crippen LogP contribution in [0.15, 0.2) is 59.1 Å². The SMILES string of the molecule is COc1ccc(-c2noc(CNC(=O)CC(C)c3ccccc3)n2)cc1. The number of hydrogen-bond donors (Lipinski definition) is 1. The quantitative estimate of drug-likeness (QED) is 0.704. The van der Waals surface area contributed by atoms with Crippen LogP contribution in [0.25, 0.3) is 11.4 Å². The van der Waals surface area contributed by atoms with Gasteiger partial charge >= 0.3 is 0 Å². The molecule has 1 amide bonds. The summed E-state index contributed by atoms with van der Waals surface area (Å²) in [5.41, 5.74) is 1.96. The maximum absolute atomic E-state index is 12.1. The van der Waals surface area contributed by atoms with Crippen molar-refractivity contribution < 1.29 is 14.1 Å². The molecule has 1 heterocycles. The fraction of sp³-hybridized carbons (Fsp3) is 0.250. The van der Waals surface area contributed by atoms with E-state index < -0.39 is 0 Å². The van der Waals surface area contributed by atoms with Crippen LogP contribution in [0.4, 0.5) is 0 Å². The summed E-state index contributed by atoms with van der Waals surface area (Å²) in [7, 11) is 1.61. The lowest BCUT2D eigenvalue weighted by molar-refractivity contribution is -0.121. The molecule has 1 N–H and O–H groups in total. The summed E-state index contributed by atoms with van der Waals surface area (Å²) in [6.45, 7) is 2.24. The number of carbonyl (C=O) groups is 1. The van der Waals surface area contributed by atoms with Crippen LogP contribution in [-0.2, 0) is 11.3 Å². The van der Waals surface area contributed by atoms with Gasteiger partial charge in [0.1, 0.15) is 5.75 Å². The summed E-state index contributed by atoms with van der Waals surface area (Å²) >= 11 is 0. The molecular formula is C20H21N3O3. The molecule has 6 heteroatoms. The van der Waals surface area contributed by atoms with Gasteiger partial charge in [0.25, 0.3) is 0 Å². The Hall–Kier alpha value is -3.15. The van der Waals surface area contributed by atoms with Crippen molar-refractivity contribution in [2.75, 3.05) is 7.11 Å². The monoisotopic (exact) mass is 351 g/mol.